The quantitative estimate of drug-likeness (QED) is 0.706. The van der Waals surface area contributed by atoms with E-state index in [4.69, 9.17) is 4.74 Å². The molecule has 9 heteroatoms. The zero-order valence-corrected chi connectivity index (χ0v) is 14.6. The second kappa shape index (κ2) is 8.62. The van der Waals surface area contributed by atoms with E-state index in [1.807, 2.05) is 18.2 Å². The van der Waals surface area contributed by atoms with Gasteiger partial charge in [-0.25, -0.2) is 13.4 Å². The summed E-state index contributed by atoms with van der Waals surface area (Å²) in [4.78, 5) is 16.2. The Hall–Kier alpha value is -1.16. The van der Waals surface area contributed by atoms with Crippen LogP contribution in [-0.4, -0.2) is 67.5 Å². The van der Waals surface area contributed by atoms with Crippen LogP contribution in [-0.2, 0) is 19.6 Å². The average Bonchev–Trinajstić information content (AvgIpc) is 2.56. The number of morpholine rings is 1. The van der Waals surface area contributed by atoms with Gasteiger partial charge < -0.3 is 10.1 Å². The summed E-state index contributed by atoms with van der Waals surface area (Å²) in [7, 11) is -3.34. The number of hydrogen-bond acceptors (Lipinski definition) is 6. The second-order valence-corrected chi connectivity index (χ2v) is 8.50. The van der Waals surface area contributed by atoms with E-state index in [0.717, 1.165) is 5.03 Å². The monoisotopic (exact) mass is 359 g/mol. The largest absolute Gasteiger partial charge is 0.379 e. The molecule has 0 aromatic carbocycles. The fourth-order valence-electron chi connectivity index (χ4n) is 2.05. The lowest BCUT2D eigenvalue weighted by molar-refractivity contribution is -0.120. The van der Waals surface area contributed by atoms with Crippen molar-refractivity contribution in [1.82, 2.24) is 14.6 Å². The minimum Gasteiger partial charge on any atom is -0.379 e. The fourth-order valence-corrected chi connectivity index (χ4v) is 4.21. The van der Waals surface area contributed by atoms with Gasteiger partial charge in [-0.15, -0.1) is 0 Å². The molecule has 0 bridgehead atoms. The van der Waals surface area contributed by atoms with Gasteiger partial charge >= 0.3 is 0 Å². The predicted molar refractivity (Wildman–Crippen MR) is 88.7 cm³/mol. The summed E-state index contributed by atoms with van der Waals surface area (Å²) in [6.07, 6.45) is 1.67. The summed E-state index contributed by atoms with van der Waals surface area (Å²) >= 11 is 1.34. The Kier molecular flexibility index (Phi) is 6.82. The SMILES string of the molecule is C[C@@H](Sc1ccccn1)C(=O)NCCS(=O)(=O)N1CCOCC1. The molecule has 0 unspecified atom stereocenters. The molecule has 1 fully saturated rings. The standard InChI is InChI=1S/C14H21N3O4S2/c1-12(22-13-4-2-3-5-15-13)14(18)16-6-11-23(19,20)17-7-9-21-10-8-17/h2-5,12H,6-11H2,1H3,(H,16,18)/t12-/m1/s1. The molecule has 1 aliphatic rings. The Morgan fingerprint density at radius 3 is 2.83 bits per heavy atom. The van der Waals surface area contributed by atoms with Gasteiger partial charge in [0.2, 0.25) is 15.9 Å². The van der Waals surface area contributed by atoms with Gasteiger partial charge in [-0.2, -0.15) is 4.31 Å². The summed E-state index contributed by atoms with van der Waals surface area (Å²) in [5, 5.41) is 3.10. The maximum atomic E-state index is 12.1. The van der Waals surface area contributed by atoms with Gasteiger partial charge in [0.15, 0.2) is 0 Å². The van der Waals surface area contributed by atoms with E-state index >= 15 is 0 Å². The Morgan fingerprint density at radius 1 is 1.43 bits per heavy atom. The van der Waals surface area contributed by atoms with Gasteiger partial charge in [0.1, 0.15) is 0 Å². The third-order valence-electron chi connectivity index (χ3n) is 3.33. The number of pyridine rings is 1. The van der Waals surface area contributed by atoms with Crippen molar-refractivity contribution in [2.24, 2.45) is 0 Å². The van der Waals surface area contributed by atoms with Crippen LogP contribution in [0.25, 0.3) is 0 Å². The molecule has 1 amide bonds. The van der Waals surface area contributed by atoms with E-state index in [1.165, 1.54) is 16.1 Å². The van der Waals surface area contributed by atoms with Crippen molar-refractivity contribution < 1.29 is 17.9 Å². The van der Waals surface area contributed by atoms with Crippen LogP contribution in [0.5, 0.6) is 0 Å². The van der Waals surface area contributed by atoms with Crippen molar-refractivity contribution in [3.8, 4) is 0 Å². The number of sulfonamides is 1. The molecule has 1 aliphatic heterocycles. The molecule has 23 heavy (non-hydrogen) atoms. The average molecular weight is 359 g/mol. The van der Waals surface area contributed by atoms with Crippen molar-refractivity contribution in [2.75, 3.05) is 38.6 Å². The second-order valence-electron chi connectivity index (χ2n) is 5.05. The van der Waals surface area contributed by atoms with E-state index in [1.54, 1.807) is 13.1 Å². The van der Waals surface area contributed by atoms with Crippen LogP contribution in [0, 0.1) is 0 Å². The Balaban J connectivity index is 1.75. The minimum absolute atomic E-state index is 0.0975. The van der Waals surface area contributed by atoms with Crippen molar-refractivity contribution in [3.63, 3.8) is 0 Å². The van der Waals surface area contributed by atoms with Crippen LogP contribution >= 0.6 is 11.8 Å². The molecule has 0 spiro atoms. The van der Waals surface area contributed by atoms with Crippen molar-refractivity contribution in [2.45, 2.75) is 17.2 Å². The maximum absolute atomic E-state index is 12.1. The fraction of sp³-hybridized carbons (Fsp3) is 0.571. The van der Waals surface area contributed by atoms with E-state index in [2.05, 4.69) is 10.3 Å². The van der Waals surface area contributed by atoms with E-state index in [9.17, 15) is 13.2 Å². The summed E-state index contributed by atoms with van der Waals surface area (Å²) in [6, 6.07) is 5.50. The van der Waals surface area contributed by atoms with Gasteiger partial charge in [-0.3, -0.25) is 4.79 Å². The number of nitrogens with zero attached hydrogens (tertiary/aromatic N) is 2. The Morgan fingerprint density at radius 2 is 2.17 bits per heavy atom. The van der Waals surface area contributed by atoms with Crippen LogP contribution in [0.2, 0.25) is 0 Å². The molecule has 2 heterocycles. The highest BCUT2D eigenvalue weighted by Crippen LogP contribution is 2.20. The lowest BCUT2D eigenvalue weighted by Crippen LogP contribution is -2.44. The lowest BCUT2D eigenvalue weighted by atomic mass is 10.4. The highest BCUT2D eigenvalue weighted by Gasteiger charge is 2.24. The summed E-state index contributed by atoms with van der Waals surface area (Å²) in [5.41, 5.74) is 0. The first-order valence-corrected chi connectivity index (χ1v) is 9.89. The third-order valence-corrected chi connectivity index (χ3v) is 6.25. The Labute approximate surface area is 140 Å². The first-order valence-electron chi connectivity index (χ1n) is 7.40. The number of carbonyl (C=O) groups excluding carboxylic acids is 1. The van der Waals surface area contributed by atoms with Crippen molar-refractivity contribution >= 4 is 27.7 Å². The highest BCUT2D eigenvalue weighted by atomic mass is 32.2. The molecule has 0 radical (unpaired) electrons. The topological polar surface area (TPSA) is 88.6 Å². The molecule has 1 saturated heterocycles. The maximum Gasteiger partial charge on any atom is 0.233 e. The third kappa shape index (κ3) is 5.76. The smallest absolute Gasteiger partial charge is 0.233 e. The van der Waals surface area contributed by atoms with Crippen molar-refractivity contribution in [1.29, 1.82) is 0 Å². The van der Waals surface area contributed by atoms with Gasteiger partial charge in [0, 0.05) is 25.8 Å². The molecule has 1 aromatic heterocycles. The van der Waals surface area contributed by atoms with Gasteiger partial charge in [0.25, 0.3) is 0 Å². The van der Waals surface area contributed by atoms with E-state index in [-0.39, 0.29) is 23.5 Å². The molecular weight excluding hydrogens is 338 g/mol. The first kappa shape index (κ1) is 18.2. The zero-order valence-electron chi connectivity index (χ0n) is 13.0. The lowest BCUT2D eigenvalue weighted by Gasteiger charge is -2.26. The van der Waals surface area contributed by atoms with E-state index in [0.29, 0.717) is 26.3 Å². The number of nitrogens with one attached hydrogen (secondary N) is 1. The summed E-state index contributed by atoms with van der Waals surface area (Å²) < 4.78 is 30.8. The highest BCUT2D eigenvalue weighted by molar-refractivity contribution is 8.00. The van der Waals surface area contributed by atoms with Crippen LogP contribution in [0.4, 0.5) is 0 Å². The van der Waals surface area contributed by atoms with Gasteiger partial charge in [0.05, 0.1) is 29.2 Å². The number of hydrogen-bond donors (Lipinski definition) is 1. The molecule has 1 atom stereocenters. The molecule has 0 aliphatic carbocycles. The molecule has 1 N–H and O–H groups in total. The number of ether oxygens (including phenoxy) is 1. The molecule has 128 valence electrons. The van der Waals surface area contributed by atoms with Crippen LogP contribution in [0.15, 0.2) is 29.4 Å². The molecular formula is C14H21N3O4S2. The number of thioether (sulfide) groups is 1. The van der Waals surface area contributed by atoms with E-state index < -0.39 is 10.0 Å². The molecule has 7 nitrogen and oxygen atoms in total. The van der Waals surface area contributed by atoms with Crippen LogP contribution in [0.3, 0.4) is 0 Å². The summed E-state index contributed by atoms with van der Waals surface area (Å²) in [6.45, 7) is 3.47. The van der Waals surface area contributed by atoms with Crippen LogP contribution < -0.4 is 5.32 Å². The normalized spacial score (nSPS) is 17.6. The summed E-state index contributed by atoms with van der Waals surface area (Å²) in [5.74, 6) is -0.294. The number of carbonyl (C=O) groups is 1. The molecule has 1 aromatic rings. The van der Waals surface area contributed by atoms with Gasteiger partial charge in [-0.05, 0) is 19.1 Å². The number of rotatable bonds is 7. The first-order chi connectivity index (χ1) is 11.0. The molecule has 0 saturated carbocycles. The van der Waals surface area contributed by atoms with Crippen LogP contribution in [0.1, 0.15) is 6.92 Å². The predicted octanol–water partition coefficient (Wildman–Crippen LogP) is 0.340. The zero-order chi connectivity index (χ0) is 16.7. The van der Waals surface area contributed by atoms with Crippen molar-refractivity contribution in [3.05, 3.63) is 24.4 Å². The number of aromatic nitrogens is 1. The minimum atomic E-state index is -3.34. The Bertz CT molecular complexity index is 604. The molecule has 2 rings (SSSR count). The van der Waals surface area contributed by atoms with Gasteiger partial charge in [-0.1, -0.05) is 17.8 Å². The number of amides is 1.